The maximum Gasteiger partial charge on any atom is 0.136 e. The molecular weight excluding hydrogens is 691 g/mol. The van der Waals surface area contributed by atoms with Crippen molar-refractivity contribution in [1.82, 2.24) is 4.57 Å². The van der Waals surface area contributed by atoms with Gasteiger partial charge < -0.3 is 8.98 Å². The van der Waals surface area contributed by atoms with Crippen molar-refractivity contribution in [2.75, 3.05) is 0 Å². The molecule has 0 unspecified atom stereocenters. The van der Waals surface area contributed by atoms with Gasteiger partial charge >= 0.3 is 0 Å². The summed E-state index contributed by atoms with van der Waals surface area (Å²) < 4.78 is 8.73. The van der Waals surface area contributed by atoms with E-state index in [0.717, 1.165) is 93.6 Å². The predicted molar refractivity (Wildman–Crippen MR) is 244 cm³/mol. The van der Waals surface area contributed by atoms with Gasteiger partial charge in [-0.05, 0) is 111 Å². The zero-order valence-corrected chi connectivity index (χ0v) is 31.7. The van der Waals surface area contributed by atoms with Gasteiger partial charge in [0.05, 0.1) is 11.0 Å². The summed E-state index contributed by atoms with van der Waals surface area (Å²) in [6.07, 6.45) is 6.40. The molecule has 0 saturated carbocycles. The third kappa shape index (κ3) is 5.91. The molecule has 0 radical (unpaired) electrons. The number of benzene rings is 8. The maximum absolute atomic E-state index is 6.28. The molecule has 0 bridgehead atoms. The molecule has 2 heteroatoms. The zero-order valence-electron chi connectivity index (χ0n) is 31.7. The highest BCUT2D eigenvalue weighted by molar-refractivity contribution is 6.13. The number of para-hydroxylation sites is 1. The first-order chi connectivity index (χ1) is 28.2. The van der Waals surface area contributed by atoms with Crippen molar-refractivity contribution in [3.05, 3.63) is 212 Å². The van der Waals surface area contributed by atoms with Crippen molar-refractivity contribution in [2.45, 2.75) is 6.92 Å². The summed E-state index contributed by atoms with van der Waals surface area (Å²) in [5.41, 5.74) is 14.2. The number of hydrogen-bond acceptors (Lipinski definition) is 1. The molecule has 0 amide bonds. The van der Waals surface area contributed by atoms with E-state index in [1.165, 1.54) is 11.1 Å². The third-order valence-electron chi connectivity index (χ3n) is 11.2. The summed E-state index contributed by atoms with van der Waals surface area (Å²) in [4.78, 5) is 0. The van der Waals surface area contributed by atoms with Gasteiger partial charge in [-0.1, -0.05) is 164 Å². The van der Waals surface area contributed by atoms with Crippen LogP contribution in [0.25, 0.3) is 106 Å². The summed E-state index contributed by atoms with van der Waals surface area (Å²) in [6.45, 7) is 6.52. The summed E-state index contributed by atoms with van der Waals surface area (Å²) in [7, 11) is 0. The van der Waals surface area contributed by atoms with E-state index in [0.29, 0.717) is 0 Å². The van der Waals surface area contributed by atoms with Crippen LogP contribution in [0, 0.1) is 0 Å². The number of rotatable bonds is 6. The fourth-order valence-corrected chi connectivity index (χ4v) is 8.54. The molecule has 10 aromatic rings. The molecule has 57 heavy (non-hydrogen) atoms. The smallest absolute Gasteiger partial charge is 0.136 e. The average Bonchev–Trinajstić information content (AvgIpc) is 3.68. The quantitative estimate of drug-likeness (QED) is 0.167. The van der Waals surface area contributed by atoms with Crippen LogP contribution in [0.4, 0.5) is 0 Å². The Labute approximate surface area is 332 Å². The Morgan fingerprint density at radius 1 is 0.439 bits per heavy atom. The maximum atomic E-state index is 6.28. The number of allylic oxidation sites excluding steroid dienone is 1. The number of hydrogen-bond donors (Lipinski definition) is 0. The minimum Gasteiger partial charge on any atom is -0.456 e. The Morgan fingerprint density at radius 2 is 1.00 bits per heavy atom. The lowest BCUT2D eigenvalue weighted by molar-refractivity contribution is 0.669. The van der Waals surface area contributed by atoms with E-state index in [1.54, 1.807) is 0 Å². The molecule has 270 valence electrons. The molecule has 2 heterocycles. The second-order valence-electron chi connectivity index (χ2n) is 14.4. The van der Waals surface area contributed by atoms with E-state index in [9.17, 15) is 0 Å². The lowest BCUT2D eigenvalue weighted by atomic mass is 9.95. The number of nitrogens with zero attached hydrogens (tertiary/aromatic N) is 1. The molecule has 0 atom stereocenters. The molecule has 8 aromatic carbocycles. The molecule has 0 spiro atoms. The second-order valence-corrected chi connectivity index (χ2v) is 14.4. The Kier molecular flexibility index (Phi) is 8.58. The highest BCUT2D eigenvalue weighted by atomic mass is 16.3. The summed E-state index contributed by atoms with van der Waals surface area (Å²) >= 11 is 0. The van der Waals surface area contributed by atoms with Crippen LogP contribution in [0.3, 0.4) is 0 Å². The van der Waals surface area contributed by atoms with E-state index < -0.39 is 0 Å². The zero-order chi connectivity index (χ0) is 38.3. The molecule has 0 aliphatic rings. The van der Waals surface area contributed by atoms with Crippen LogP contribution in [0.2, 0.25) is 0 Å². The minimum atomic E-state index is 0.893. The van der Waals surface area contributed by atoms with Crippen LogP contribution in [-0.4, -0.2) is 4.57 Å². The molecular formula is C55H39NO. The van der Waals surface area contributed by atoms with Gasteiger partial charge in [0, 0.05) is 27.2 Å². The van der Waals surface area contributed by atoms with Gasteiger partial charge in [-0.15, -0.1) is 0 Å². The fourth-order valence-electron chi connectivity index (χ4n) is 8.54. The van der Waals surface area contributed by atoms with Gasteiger partial charge in [0.2, 0.25) is 0 Å². The Hall–Kier alpha value is -7.42. The van der Waals surface area contributed by atoms with Crippen LogP contribution >= 0.6 is 0 Å². The highest BCUT2D eigenvalue weighted by Crippen LogP contribution is 2.39. The first-order valence-corrected chi connectivity index (χ1v) is 19.5. The van der Waals surface area contributed by atoms with E-state index in [1.807, 2.05) is 18.2 Å². The second kappa shape index (κ2) is 14.3. The normalized spacial score (nSPS) is 11.6. The molecule has 0 saturated heterocycles. The molecule has 2 nitrogen and oxygen atoms in total. The van der Waals surface area contributed by atoms with Gasteiger partial charge in [-0.2, -0.15) is 0 Å². The van der Waals surface area contributed by atoms with E-state index in [2.05, 4.69) is 206 Å². The molecule has 0 aliphatic heterocycles. The minimum absolute atomic E-state index is 0.893. The van der Waals surface area contributed by atoms with Crippen molar-refractivity contribution < 1.29 is 4.42 Å². The monoisotopic (exact) mass is 729 g/mol. The van der Waals surface area contributed by atoms with Crippen LogP contribution in [0.15, 0.2) is 205 Å². The first kappa shape index (κ1) is 34.1. The van der Waals surface area contributed by atoms with Crippen molar-refractivity contribution >= 4 is 66.7 Å². The van der Waals surface area contributed by atoms with Crippen molar-refractivity contribution in [2.24, 2.45) is 0 Å². The number of furan rings is 1. The van der Waals surface area contributed by atoms with Gasteiger partial charge in [0.1, 0.15) is 11.2 Å². The molecule has 0 N–H and O–H groups in total. The van der Waals surface area contributed by atoms with Gasteiger partial charge in [-0.25, -0.2) is 0 Å². The van der Waals surface area contributed by atoms with Crippen molar-refractivity contribution in [3.63, 3.8) is 0 Å². The summed E-state index contributed by atoms with van der Waals surface area (Å²) in [5.74, 6) is 0. The third-order valence-corrected chi connectivity index (χ3v) is 11.2. The van der Waals surface area contributed by atoms with Gasteiger partial charge in [-0.3, -0.25) is 0 Å². The predicted octanol–water partition coefficient (Wildman–Crippen LogP) is 15.6. The van der Waals surface area contributed by atoms with E-state index >= 15 is 0 Å². The molecule has 10 rings (SSSR count). The van der Waals surface area contributed by atoms with Crippen LogP contribution < -0.4 is 0 Å². The van der Waals surface area contributed by atoms with Crippen molar-refractivity contribution in [1.29, 1.82) is 0 Å². The molecule has 0 aliphatic carbocycles. The standard InChI is InChI=1S/C55H39NO/c1-3-16-45-43(4-2)46-21-11-12-22-47(46)50-36-41(38-19-9-6-10-20-38)30-34-52(50)56(51-33-29-40(35-49(45)51)37-17-7-5-8-18-37)42-31-27-39(28-32-42)44-24-15-26-54-55(44)48-23-13-14-25-53(48)57-54/h3-36H,2H2,1H3/b16-3-,45-43?. The van der Waals surface area contributed by atoms with Crippen LogP contribution in [0.1, 0.15) is 18.1 Å². The summed E-state index contributed by atoms with van der Waals surface area (Å²) in [6, 6.07) is 67.5. The van der Waals surface area contributed by atoms with Crippen LogP contribution in [-0.2, 0) is 0 Å². The number of fused-ring (bicyclic) bond motifs is 7. The Balaban J connectivity index is 1.35. The first-order valence-electron chi connectivity index (χ1n) is 19.5. The van der Waals surface area contributed by atoms with Gasteiger partial charge in [0.15, 0.2) is 0 Å². The molecule has 2 aromatic heterocycles. The summed E-state index contributed by atoms with van der Waals surface area (Å²) in [5, 5.41) is 6.82. The van der Waals surface area contributed by atoms with Gasteiger partial charge in [0.25, 0.3) is 0 Å². The lowest BCUT2D eigenvalue weighted by Gasteiger charge is -2.16. The fraction of sp³-hybridized carbons (Fsp3) is 0.0182. The lowest BCUT2D eigenvalue weighted by Crippen LogP contribution is -1.99. The van der Waals surface area contributed by atoms with Crippen LogP contribution in [0.5, 0.6) is 0 Å². The largest absolute Gasteiger partial charge is 0.456 e. The van der Waals surface area contributed by atoms with E-state index in [-0.39, 0.29) is 0 Å². The average molecular weight is 730 g/mol. The number of aromatic nitrogens is 1. The topological polar surface area (TPSA) is 18.1 Å². The van der Waals surface area contributed by atoms with E-state index in [4.69, 9.17) is 4.42 Å². The molecule has 0 fully saturated rings. The Bertz CT molecular complexity index is 3240. The highest BCUT2D eigenvalue weighted by Gasteiger charge is 2.16. The Morgan fingerprint density at radius 3 is 1.67 bits per heavy atom. The SMILES string of the molecule is C=Cc1c(/C=C\C)c2cc(-c3ccccc3)ccc2n(-c2ccc(-c3cccc4oc5ccccc5c34)cc2)c2ccc(-c3ccccc3)cc2c2ccccc12. The van der Waals surface area contributed by atoms with Crippen molar-refractivity contribution in [3.8, 4) is 39.1 Å².